The molecule has 0 aromatic rings. The fourth-order valence-electron chi connectivity index (χ4n) is 2.24. The molecule has 180 valence electrons. The topological polar surface area (TPSA) is 294 Å². The summed E-state index contributed by atoms with van der Waals surface area (Å²) in [5.74, 6) is -8.27. The number of aliphatic hydroxyl groups excluding tert-OH is 1. The number of primary amides is 2. The zero-order valence-electron chi connectivity index (χ0n) is 16.8. The van der Waals surface area contributed by atoms with Crippen LogP contribution in [0.4, 0.5) is 0 Å². The van der Waals surface area contributed by atoms with Crippen LogP contribution in [0.2, 0.25) is 0 Å². The van der Waals surface area contributed by atoms with E-state index in [0.717, 1.165) is 0 Å². The zero-order valence-corrected chi connectivity index (χ0v) is 16.8. The summed E-state index contributed by atoms with van der Waals surface area (Å²) in [7, 11) is 0. The summed E-state index contributed by atoms with van der Waals surface area (Å²) in [6, 6.07) is -6.48. The predicted molar refractivity (Wildman–Crippen MR) is 103 cm³/mol. The first-order valence-electron chi connectivity index (χ1n) is 9.07. The van der Waals surface area contributed by atoms with Crippen molar-refractivity contribution in [1.29, 1.82) is 0 Å². The van der Waals surface area contributed by atoms with Crippen molar-refractivity contribution in [2.75, 3.05) is 6.61 Å². The number of hydrogen-bond donors (Lipinski definition) is 9. The molecule has 16 nitrogen and oxygen atoms in total. The van der Waals surface area contributed by atoms with Gasteiger partial charge in [0.05, 0.1) is 25.5 Å². The molecular formula is C16H26N6O10. The van der Waals surface area contributed by atoms with Gasteiger partial charge in [0.15, 0.2) is 0 Å². The van der Waals surface area contributed by atoms with Gasteiger partial charge in [-0.05, 0) is 6.42 Å². The van der Waals surface area contributed by atoms with E-state index in [2.05, 4.69) is 5.32 Å². The molecule has 0 heterocycles. The number of carbonyl (C=O) groups is 7. The van der Waals surface area contributed by atoms with Crippen LogP contribution in [-0.4, -0.2) is 87.6 Å². The fraction of sp³-hybridized carbons (Fsp3) is 0.562. The molecule has 4 unspecified atom stereocenters. The van der Waals surface area contributed by atoms with Crippen molar-refractivity contribution in [3.8, 4) is 0 Å². The summed E-state index contributed by atoms with van der Waals surface area (Å²) in [5, 5.41) is 32.5. The van der Waals surface area contributed by atoms with Gasteiger partial charge >= 0.3 is 11.9 Å². The molecule has 0 radical (unpaired) electrons. The Hall–Kier alpha value is -3.79. The van der Waals surface area contributed by atoms with Gasteiger partial charge in [-0.2, -0.15) is 0 Å². The summed E-state index contributed by atoms with van der Waals surface area (Å²) in [6.45, 7) is -0.993. The van der Waals surface area contributed by atoms with Crippen molar-refractivity contribution < 1.29 is 48.9 Å². The molecule has 16 heteroatoms. The summed E-state index contributed by atoms with van der Waals surface area (Å²) >= 11 is 0. The standard InChI is InChI=1S/C16H26N6O10/c17-6(1-2-12(26)27)13(28)20-7(3-10(18)24)14(29)21-8(4-11(19)25)15(30)22-9(5-23)16(31)32/h6-9,23H,1-5,17H2,(H2,18,24)(H2,19,25)(H,20,28)(H,21,29)(H,22,30)(H,26,27)(H,31,32). The number of nitrogens with two attached hydrogens (primary N) is 3. The van der Waals surface area contributed by atoms with E-state index in [0.29, 0.717) is 0 Å². The Bertz CT molecular complexity index is 758. The average Bonchev–Trinajstić information content (AvgIpc) is 2.67. The van der Waals surface area contributed by atoms with Crippen LogP contribution >= 0.6 is 0 Å². The molecule has 0 aromatic heterocycles. The molecular weight excluding hydrogens is 436 g/mol. The van der Waals surface area contributed by atoms with Gasteiger partial charge in [0.1, 0.15) is 18.1 Å². The first kappa shape index (κ1) is 28.2. The second kappa shape index (κ2) is 13.5. The van der Waals surface area contributed by atoms with Crippen molar-refractivity contribution in [1.82, 2.24) is 16.0 Å². The van der Waals surface area contributed by atoms with Gasteiger partial charge in [0, 0.05) is 6.42 Å². The summed E-state index contributed by atoms with van der Waals surface area (Å²) in [5.41, 5.74) is 15.6. The van der Waals surface area contributed by atoms with E-state index in [4.69, 9.17) is 32.5 Å². The Labute approximate surface area is 180 Å². The number of hydrogen-bond acceptors (Lipinski definition) is 9. The molecule has 0 aromatic carbocycles. The minimum absolute atomic E-state index is 0.281. The van der Waals surface area contributed by atoms with E-state index in [1.165, 1.54) is 0 Å². The van der Waals surface area contributed by atoms with Crippen LogP contribution in [0.25, 0.3) is 0 Å². The number of carboxylic acids is 2. The molecule has 32 heavy (non-hydrogen) atoms. The largest absolute Gasteiger partial charge is 0.481 e. The average molecular weight is 462 g/mol. The highest BCUT2D eigenvalue weighted by molar-refractivity contribution is 5.97. The van der Waals surface area contributed by atoms with Crippen molar-refractivity contribution in [3.63, 3.8) is 0 Å². The number of aliphatic carboxylic acids is 2. The molecule has 4 atom stereocenters. The smallest absolute Gasteiger partial charge is 0.328 e. The van der Waals surface area contributed by atoms with Gasteiger partial charge < -0.3 is 48.5 Å². The van der Waals surface area contributed by atoms with Crippen LogP contribution in [-0.2, 0) is 33.6 Å². The highest BCUT2D eigenvalue weighted by Gasteiger charge is 2.31. The van der Waals surface area contributed by atoms with E-state index in [1.807, 2.05) is 10.6 Å². The third-order valence-electron chi connectivity index (χ3n) is 3.88. The first-order chi connectivity index (χ1) is 14.8. The Balaban J connectivity index is 5.43. The van der Waals surface area contributed by atoms with E-state index < -0.39 is 91.5 Å². The summed E-state index contributed by atoms with van der Waals surface area (Å²) < 4.78 is 0. The van der Waals surface area contributed by atoms with E-state index in [-0.39, 0.29) is 6.42 Å². The van der Waals surface area contributed by atoms with Gasteiger partial charge in [0.2, 0.25) is 29.5 Å². The maximum atomic E-state index is 12.5. The lowest BCUT2D eigenvalue weighted by Crippen LogP contribution is -2.58. The van der Waals surface area contributed by atoms with E-state index in [9.17, 15) is 33.6 Å². The molecule has 12 N–H and O–H groups in total. The van der Waals surface area contributed by atoms with Crippen LogP contribution in [0.3, 0.4) is 0 Å². The maximum Gasteiger partial charge on any atom is 0.328 e. The van der Waals surface area contributed by atoms with Crippen molar-refractivity contribution in [3.05, 3.63) is 0 Å². The molecule has 0 fully saturated rings. The third-order valence-corrected chi connectivity index (χ3v) is 3.88. The number of amides is 5. The van der Waals surface area contributed by atoms with Crippen LogP contribution in [0.1, 0.15) is 25.7 Å². The molecule has 0 bridgehead atoms. The van der Waals surface area contributed by atoms with Gasteiger partial charge in [-0.1, -0.05) is 0 Å². The Morgan fingerprint density at radius 1 is 0.719 bits per heavy atom. The lowest BCUT2D eigenvalue weighted by Gasteiger charge is -2.23. The lowest BCUT2D eigenvalue weighted by atomic mass is 10.1. The van der Waals surface area contributed by atoms with Crippen molar-refractivity contribution in [2.45, 2.75) is 49.9 Å². The molecule has 0 aliphatic heterocycles. The van der Waals surface area contributed by atoms with Crippen LogP contribution in [0, 0.1) is 0 Å². The van der Waals surface area contributed by atoms with Crippen LogP contribution in [0.5, 0.6) is 0 Å². The lowest BCUT2D eigenvalue weighted by molar-refractivity contribution is -0.143. The maximum absolute atomic E-state index is 12.5. The van der Waals surface area contributed by atoms with E-state index >= 15 is 0 Å². The number of aliphatic hydroxyl groups is 1. The highest BCUT2D eigenvalue weighted by atomic mass is 16.4. The highest BCUT2D eigenvalue weighted by Crippen LogP contribution is 2.01. The molecule has 5 amide bonds. The van der Waals surface area contributed by atoms with Crippen LogP contribution in [0.15, 0.2) is 0 Å². The second-order valence-corrected chi connectivity index (χ2v) is 6.58. The van der Waals surface area contributed by atoms with Gasteiger partial charge in [-0.25, -0.2) is 4.79 Å². The fourth-order valence-corrected chi connectivity index (χ4v) is 2.24. The molecule has 0 rings (SSSR count). The quantitative estimate of drug-likeness (QED) is 0.110. The Kier molecular flexibility index (Phi) is 11.9. The van der Waals surface area contributed by atoms with Crippen LogP contribution < -0.4 is 33.2 Å². The minimum Gasteiger partial charge on any atom is -0.481 e. The van der Waals surface area contributed by atoms with E-state index in [1.54, 1.807) is 0 Å². The second-order valence-electron chi connectivity index (χ2n) is 6.58. The number of rotatable bonds is 15. The Morgan fingerprint density at radius 3 is 1.47 bits per heavy atom. The molecule has 0 spiro atoms. The van der Waals surface area contributed by atoms with Crippen molar-refractivity contribution in [2.24, 2.45) is 17.2 Å². The molecule has 0 saturated carbocycles. The minimum atomic E-state index is -1.75. The SMILES string of the molecule is NC(=O)CC(NC(=O)C(N)CCC(=O)O)C(=O)NC(CC(N)=O)C(=O)NC(CO)C(=O)O. The van der Waals surface area contributed by atoms with Gasteiger partial charge in [-0.15, -0.1) is 0 Å². The molecule has 0 aliphatic rings. The zero-order chi connectivity index (χ0) is 25.0. The molecule has 0 saturated heterocycles. The molecule has 0 aliphatic carbocycles. The summed E-state index contributed by atoms with van der Waals surface area (Å²) in [6.07, 6.45) is -2.26. The predicted octanol–water partition coefficient (Wildman–Crippen LogP) is -5.54. The Morgan fingerprint density at radius 2 is 1.12 bits per heavy atom. The summed E-state index contributed by atoms with van der Waals surface area (Å²) in [4.78, 5) is 80.9. The number of nitrogens with one attached hydrogen (secondary N) is 3. The number of carbonyl (C=O) groups excluding carboxylic acids is 5. The van der Waals surface area contributed by atoms with Gasteiger partial charge in [-0.3, -0.25) is 28.8 Å². The number of carboxylic acid groups (broad SMARTS) is 2. The van der Waals surface area contributed by atoms with Gasteiger partial charge in [0.25, 0.3) is 0 Å². The first-order valence-corrected chi connectivity index (χ1v) is 9.07. The van der Waals surface area contributed by atoms with Crippen molar-refractivity contribution >= 4 is 41.5 Å². The third kappa shape index (κ3) is 10.8. The monoisotopic (exact) mass is 462 g/mol. The normalized spacial score (nSPS) is 14.2.